The molecule has 0 heterocycles. The topological polar surface area (TPSA) is 54.4 Å². The van der Waals surface area contributed by atoms with E-state index < -0.39 is 6.10 Å². The van der Waals surface area contributed by atoms with Gasteiger partial charge in [0.1, 0.15) is 5.78 Å². The molecule has 0 radical (unpaired) electrons. The summed E-state index contributed by atoms with van der Waals surface area (Å²) in [6, 6.07) is 0. The Morgan fingerprint density at radius 1 is 1.14 bits per heavy atom. The van der Waals surface area contributed by atoms with Gasteiger partial charge in [0.25, 0.3) is 0 Å². The van der Waals surface area contributed by atoms with Crippen molar-refractivity contribution in [3.8, 4) is 0 Å². The van der Waals surface area contributed by atoms with Crippen LogP contribution in [0.25, 0.3) is 0 Å². The number of rotatable bonds is 0. The van der Waals surface area contributed by atoms with Gasteiger partial charge in [-0.3, -0.25) is 9.59 Å². The summed E-state index contributed by atoms with van der Waals surface area (Å²) in [7, 11) is 0. The molecule has 0 aromatic heterocycles. The van der Waals surface area contributed by atoms with Crippen LogP contribution in [0.4, 0.5) is 0 Å². The van der Waals surface area contributed by atoms with E-state index in [0.717, 1.165) is 31.3 Å². The summed E-state index contributed by atoms with van der Waals surface area (Å²) in [5.41, 5.74) is 3.27. The third kappa shape index (κ3) is 1.76. The molecule has 4 rings (SSSR count). The summed E-state index contributed by atoms with van der Waals surface area (Å²) in [4.78, 5) is 23.9. The first-order chi connectivity index (χ1) is 10.0. The zero-order valence-corrected chi connectivity index (χ0v) is 12.5. The average molecular weight is 286 g/mol. The molecule has 21 heavy (non-hydrogen) atoms. The van der Waals surface area contributed by atoms with Crippen molar-refractivity contribution in [1.82, 2.24) is 0 Å². The van der Waals surface area contributed by atoms with Crippen LogP contribution in [-0.2, 0) is 9.59 Å². The Bertz CT molecular complexity index is 598. The van der Waals surface area contributed by atoms with Crippen LogP contribution < -0.4 is 0 Å². The maximum Gasteiger partial charge on any atom is 0.156 e. The molecule has 0 saturated heterocycles. The van der Waals surface area contributed by atoms with Crippen LogP contribution in [0.1, 0.15) is 51.9 Å². The number of hydrogen-bond acceptors (Lipinski definition) is 3. The number of carbonyl (C=O) groups excluding carboxylic acids is 2. The molecule has 0 amide bonds. The van der Waals surface area contributed by atoms with Gasteiger partial charge < -0.3 is 5.11 Å². The highest BCUT2D eigenvalue weighted by Crippen LogP contribution is 2.58. The fourth-order valence-corrected chi connectivity index (χ4v) is 5.39. The second-order valence-corrected chi connectivity index (χ2v) is 7.42. The van der Waals surface area contributed by atoms with Crippen LogP contribution in [0.5, 0.6) is 0 Å². The Hall–Kier alpha value is -1.22. The van der Waals surface area contributed by atoms with E-state index in [0.29, 0.717) is 36.9 Å². The third-order valence-corrected chi connectivity index (χ3v) is 6.42. The molecule has 0 aromatic carbocycles. The smallest absolute Gasteiger partial charge is 0.156 e. The van der Waals surface area contributed by atoms with Gasteiger partial charge >= 0.3 is 0 Å². The largest absolute Gasteiger partial charge is 0.389 e. The highest BCUT2D eigenvalue weighted by molar-refractivity contribution is 5.93. The molecule has 4 aliphatic carbocycles. The molecule has 3 nitrogen and oxygen atoms in total. The fourth-order valence-electron chi connectivity index (χ4n) is 5.39. The molecule has 112 valence electrons. The molecule has 0 aliphatic heterocycles. The van der Waals surface area contributed by atoms with Crippen LogP contribution in [0.2, 0.25) is 0 Å². The predicted octanol–water partition coefficient (Wildman–Crippen LogP) is 2.73. The second-order valence-electron chi connectivity index (χ2n) is 7.42. The number of hydrogen-bond donors (Lipinski definition) is 1. The van der Waals surface area contributed by atoms with Gasteiger partial charge in [-0.15, -0.1) is 0 Å². The van der Waals surface area contributed by atoms with Gasteiger partial charge in [0.2, 0.25) is 0 Å². The minimum atomic E-state index is -0.495. The number of aliphatic hydroxyl groups excluding tert-OH is 1. The molecule has 2 fully saturated rings. The lowest BCUT2D eigenvalue weighted by Gasteiger charge is -2.48. The monoisotopic (exact) mass is 286 g/mol. The van der Waals surface area contributed by atoms with Gasteiger partial charge in [0.15, 0.2) is 5.78 Å². The highest BCUT2D eigenvalue weighted by Gasteiger charge is 2.56. The van der Waals surface area contributed by atoms with Crippen molar-refractivity contribution in [3.05, 3.63) is 22.8 Å². The van der Waals surface area contributed by atoms with E-state index in [1.807, 2.05) is 0 Å². The van der Waals surface area contributed by atoms with E-state index in [1.54, 1.807) is 6.08 Å². The van der Waals surface area contributed by atoms with E-state index in [2.05, 4.69) is 6.92 Å². The summed E-state index contributed by atoms with van der Waals surface area (Å²) >= 11 is 0. The summed E-state index contributed by atoms with van der Waals surface area (Å²) in [6.45, 7) is 2.06. The maximum atomic E-state index is 12.3. The van der Waals surface area contributed by atoms with Gasteiger partial charge in [-0.25, -0.2) is 0 Å². The van der Waals surface area contributed by atoms with Crippen molar-refractivity contribution in [2.75, 3.05) is 0 Å². The van der Waals surface area contributed by atoms with Crippen LogP contribution >= 0.6 is 0 Å². The van der Waals surface area contributed by atoms with Crippen molar-refractivity contribution >= 4 is 11.6 Å². The van der Waals surface area contributed by atoms with Crippen molar-refractivity contribution in [2.45, 2.75) is 58.0 Å². The normalized spacial score (nSPS) is 42.4. The fraction of sp³-hybridized carbons (Fsp3) is 0.667. The standard InChI is InChI=1S/C18H22O3/c1-18-9-15(20)17-12-5-3-11(19)8-10(12)2-4-13(17)14(18)6-7-16(18)21/h8,13-15,20H,2-7,9H2,1H3/t13?,14?,15-,18-/m0/s1. The van der Waals surface area contributed by atoms with Crippen molar-refractivity contribution < 1.29 is 14.7 Å². The quantitative estimate of drug-likeness (QED) is 0.745. The predicted molar refractivity (Wildman–Crippen MR) is 78.5 cm³/mol. The summed E-state index contributed by atoms with van der Waals surface area (Å²) in [5, 5.41) is 10.7. The van der Waals surface area contributed by atoms with Gasteiger partial charge in [0.05, 0.1) is 6.10 Å². The molecule has 4 aliphatic rings. The maximum absolute atomic E-state index is 12.3. The highest BCUT2D eigenvalue weighted by atomic mass is 16.3. The average Bonchev–Trinajstić information content (AvgIpc) is 2.74. The third-order valence-electron chi connectivity index (χ3n) is 6.42. The zero-order chi connectivity index (χ0) is 14.8. The molecule has 1 N–H and O–H groups in total. The minimum Gasteiger partial charge on any atom is -0.389 e. The Morgan fingerprint density at radius 2 is 1.95 bits per heavy atom. The number of ketones is 2. The molecular weight excluding hydrogens is 264 g/mol. The molecule has 2 unspecified atom stereocenters. The number of allylic oxidation sites excluding steroid dienone is 3. The number of carbonyl (C=O) groups is 2. The molecule has 0 aromatic rings. The van der Waals surface area contributed by atoms with Gasteiger partial charge in [-0.2, -0.15) is 0 Å². The van der Waals surface area contributed by atoms with Gasteiger partial charge in [-0.05, 0) is 66.7 Å². The lowest BCUT2D eigenvalue weighted by molar-refractivity contribution is -0.130. The minimum absolute atomic E-state index is 0.221. The number of Topliss-reactive ketones (excluding diaryl/α,β-unsaturated/α-hetero) is 1. The molecule has 4 atom stereocenters. The summed E-state index contributed by atoms with van der Waals surface area (Å²) in [6.07, 6.45) is 6.80. The SMILES string of the molecule is C[C@]12C[C@H](O)C3=C4CCC(=O)C=C4CCC3C1CCC2=O. The first-order valence-corrected chi connectivity index (χ1v) is 8.19. The number of aliphatic hydroxyl groups is 1. The Kier molecular flexibility index (Phi) is 2.81. The van der Waals surface area contributed by atoms with E-state index in [9.17, 15) is 14.7 Å². The van der Waals surface area contributed by atoms with Crippen LogP contribution in [-0.4, -0.2) is 22.8 Å². The van der Waals surface area contributed by atoms with Crippen LogP contribution in [0.3, 0.4) is 0 Å². The molecule has 2 saturated carbocycles. The Labute approximate surface area is 125 Å². The molecule has 0 bridgehead atoms. The van der Waals surface area contributed by atoms with E-state index in [1.165, 1.54) is 11.1 Å². The van der Waals surface area contributed by atoms with Crippen LogP contribution in [0, 0.1) is 17.3 Å². The molecule has 0 spiro atoms. The summed E-state index contributed by atoms with van der Waals surface area (Å²) in [5.74, 6) is 1.32. The Balaban J connectivity index is 1.81. The molecule has 3 heteroatoms. The van der Waals surface area contributed by atoms with Crippen molar-refractivity contribution in [2.24, 2.45) is 17.3 Å². The van der Waals surface area contributed by atoms with Gasteiger partial charge in [-0.1, -0.05) is 6.92 Å². The van der Waals surface area contributed by atoms with Crippen molar-refractivity contribution in [3.63, 3.8) is 0 Å². The zero-order valence-electron chi connectivity index (χ0n) is 12.5. The van der Waals surface area contributed by atoms with E-state index >= 15 is 0 Å². The van der Waals surface area contributed by atoms with E-state index in [4.69, 9.17) is 0 Å². The second kappa shape index (κ2) is 4.39. The lowest BCUT2D eigenvalue weighted by atomic mass is 9.56. The van der Waals surface area contributed by atoms with Crippen LogP contribution in [0.15, 0.2) is 22.8 Å². The summed E-state index contributed by atoms with van der Waals surface area (Å²) < 4.78 is 0. The van der Waals surface area contributed by atoms with Gasteiger partial charge in [0, 0.05) is 18.3 Å². The first kappa shape index (κ1) is 13.4. The Morgan fingerprint density at radius 3 is 2.76 bits per heavy atom. The lowest BCUT2D eigenvalue weighted by Crippen LogP contribution is -2.46. The van der Waals surface area contributed by atoms with E-state index in [-0.39, 0.29) is 11.2 Å². The molecular formula is C18H22O3. The first-order valence-electron chi connectivity index (χ1n) is 8.19. The van der Waals surface area contributed by atoms with Crippen molar-refractivity contribution in [1.29, 1.82) is 0 Å². The number of fused-ring (bicyclic) bond motifs is 4.